The lowest BCUT2D eigenvalue weighted by Gasteiger charge is -2.31. The number of carboxylic acids is 1. The summed E-state index contributed by atoms with van der Waals surface area (Å²) in [4.78, 5) is 52.5. The molecule has 178 valence electrons. The minimum absolute atomic E-state index is 0.0329. The number of non-ortho nitro benzene ring substituents is 1. The number of benzene rings is 2. The number of aliphatic carboxylic acids is 1. The Morgan fingerprint density at radius 1 is 1.11 bits per heavy atom. The van der Waals surface area contributed by atoms with E-state index in [0.29, 0.717) is 14.8 Å². The minimum atomic E-state index is -1.78. The fourth-order valence-electron chi connectivity index (χ4n) is 5.10. The number of halogens is 1. The highest BCUT2D eigenvalue weighted by Crippen LogP contribution is 2.52. The molecule has 35 heavy (non-hydrogen) atoms. The Balaban J connectivity index is 1.65. The van der Waals surface area contributed by atoms with Crippen LogP contribution in [0.3, 0.4) is 0 Å². The number of nitro benzene ring substituents is 1. The van der Waals surface area contributed by atoms with Gasteiger partial charge in [0.15, 0.2) is 0 Å². The molecule has 0 bridgehead atoms. The lowest BCUT2D eigenvalue weighted by atomic mass is 9.76. The number of anilines is 1. The lowest BCUT2D eigenvalue weighted by molar-refractivity contribution is -0.384. The number of thiophene rings is 1. The monoisotopic (exact) mass is 511 g/mol. The molecule has 4 atom stereocenters. The summed E-state index contributed by atoms with van der Waals surface area (Å²) in [6, 6.07) is 16.6. The zero-order valence-electron chi connectivity index (χ0n) is 18.0. The van der Waals surface area contributed by atoms with Crippen LogP contribution in [0.2, 0.25) is 4.34 Å². The Morgan fingerprint density at radius 2 is 1.86 bits per heavy atom. The molecule has 2 N–H and O–H groups in total. The van der Waals surface area contributed by atoms with Gasteiger partial charge in [-0.05, 0) is 23.8 Å². The molecular formula is C24H18ClN3O6S. The topological polar surface area (TPSA) is 130 Å². The van der Waals surface area contributed by atoms with E-state index in [2.05, 4.69) is 5.32 Å². The van der Waals surface area contributed by atoms with Gasteiger partial charge < -0.3 is 5.11 Å². The predicted molar refractivity (Wildman–Crippen MR) is 128 cm³/mol. The van der Waals surface area contributed by atoms with Gasteiger partial charge in [-0.1, -0.05) is 48.0 Å². The standard InChI is InChI=1S/C24H18ClN3O6S/c25-17-10-9-16(35-17)20-18-19(24(26-20,23(31)32)12-13-5-2-1-3-6-13)22(30)27(21(18)29)14-7-4-8-15(11-14)28(33)34/h1-11,18-20,26H,12H2,(H,31,32). The number of hydrogen-bond donors (Lipinski definition) is 2. The molecule has 2 saturated heterocycles. The van der Waals surface area contributed by atoms with Gasteiger partial charge in [0.05, 0.1) is 32.8 Å². The van der Waals surface area contributed by atoms with Gasteiger partial charge in [0.25, 0.3) is 5.69 Å². The molecule has 11 heteroatoms. The number of nitro groups is 1. The first kappa shape index (κ1) is 23.2. The summed E-state index contributed by atoms with van der Waals surface area (Å²) in [6.07, 6.45) is -0.0399. The second kappa shape index (κ2) is 8.56. The highest BCUT2D eigenvalue weighted by molar-refractivity contribution is 7.16. The highest BCUT2D eigenvalue weighted by Gasteiger charge is 2.68. The third kappa shape index (κ3) is 3.70. The molecule has 0 spiro atoms. The summed E-state index contributed by atoms with van der Waals surface area (Å²) >= 11 is 7.33. The van der Waals surface area contributed by atoms with Crippen molar-refractivity contribution >= 4 is 52.1 Å². The van der Waals surface area contributed by atoms with Crippen LogP contribution in [0.1, 0.15) is 16.5 Å². The minimum Gasteiger partial charge on any atom is -0.480 e. The SMILES string of the molecule is O=C1C2C(c3ccc(Cl)s3)NC(Cc3ccccc3)(C(=O)O)C2C(=O)N1c1cccc([N+](=O)[O-])c1. The highest BCUT2D eigenvalue weighted by atomic mass is 35.5. The molecule has 2 aliphatic heterocycles. The van der Waals surface area contributed by atoms with Gasteiger partial charge in [0.1, 0.15) is 5.54 Å². The van der Waals surface area contributed by atoms with E-state index in [9.17, 15) is 29.6 Å². The molecule has 1 aromatic heterocycles. The number of amides is 2. The third-order valence-corrected chi connectivity index (χ3v) is 7.88. The Morgan fingerprint density at radius 3 is 2.49 bits per heavy atom. The molecule has 5 rings (SSSR count). The number of carbonyl (C=O) groups excluding carboxylic acids is 2. The Kier molecular flexibility index (Phi) is 5.66. The molecule has 9 nitrogen and oxygen atoms in total. The summed E-state index contributed by atoms with van der Waals surface area (Å²) in [5.41, 5.74) is -1.35. The molecule has 3 heterocycles. The zero-order chi connectivity index (χ0) is 24.9. The van der Waals surface area contributed by atoms with Crippen molar-refractivity contribution in [2.45, 2.75) is 18.0 Å². The molecule has 2 fully saturated rings. The largest absolute Gasteiger partial charge is 0.480 e. The van der Waals surface area contributed by atoms with Gasteiger partial charge in [-0.2, -0.15) is 0 Å². The molecule has 0 saturated carbocycles. The number of hydrogen-bond acceptors (Lipinski definition) is 7. The number of carboxylic acid groups (broad SMARTS) is 1. The number of fused-ring (bicyclic) bond motifs is 1. The van der Waals surface area contributed by atoms with Crippen LogP contribution in [0.5, 0.6) is 0 Å². The first-order chi connectivity index (χ1) is 16.7. The van der Waals surface area contributed by atoms with Crippen molar-refractivity contribution in [2.24, 2.45) is 11.8 Å². The lowest BCUT2D eigenvalue weighted by Crippen LogP contribution is -2.57. The molecule has 3 aromatic rings. The maximum atomic E-state index is 13.8. The van der Waals surface area contributed by atoms with Crippen LogP contribution in [0.15, 0.2) is 66.7 Å². The van der Waals surface area contributed by atoms with Crippen molar-refractivity contribution in [3.05, 3.63) is 91.6 Å². The van der Waals surface area contributed by atoms with E-state index in [4.69, 9.17) is 11.6 Å². The second-order valence-corrected chi connectivity index (χ2v) is 10.2. The van der Waals surface area contributed by atoms with Crippen molar-refractivity contribution in [3.63, 3.8) is 0 Å². The van der Waals surface area contributed by atoms with Crippen LogP contribution < -0.4 is 10.2 Å². The Bertz CT molecular complexity index is 1360. The number of nitrogens with one attached hydrogen (secondary N) is 1. The van der Waals surface area contributed by atoms with Gasteiger partial charge in [0, 0.05) is 23.4 Å². The molecule has 0 radical (unpaired) electrons. The number of nitrogens with zero attached hydrogens (tertiary/aromatic N) is 2. The first-order valence-electron chi connectivity index (χ1n) is 10.7. The van der Waals surface area contributed by atoms with Crippen LogP contribution in [-0.4, -0.2) is 33.4 Å². The Labute approximate surface area is 208 Å². The molecule has 0 aliphatic carbocycles. The number of rotatable bonds is 6. The second-order valence-electron chi connectivity index (χ2n) is 8.50. The fraction of sp³-hybridized carbons (Fsp3) is 0.208. The zero-order valence-corrected chi connectivity index (χ0v) is 19.5. The maximum absolute atomic E-state index is 13.8. The summed E-state index contributed by atoms with van der Waals surface area (Å²) in [5.74, 6) is -4.85. The van der Waals surface area contributed by atoms with Gasteiger partial charge in [-0.3, -0.25) is 29.8 Å². The predicted octanol–water partition coefficient (Wildman–Crippen LogP) is 3.83. The van der Waals surface area contributed by atoms with Gasteiger partial charge >= 0.3 is 5.97 Å². The van der Waals surface area contributed by atoms with Crippen molar-refractivity contribution in [1.29, 1.82) is 0 Å². The third-order valence-electron chi connectivity index (χ3n) is 6.56. The van der Waals surface area contributed by atoms with Crippen LogP contribution >= 0.6 is 22.9 Å². The average molecular weight is 512 g/mol. The van der Waals surface area contributed by atoms with Crippen molar-refractivity contribution in [1.82, 2.24) is 5.32 Å². The van der Waals surface area contributed by atoms with Gasteiger partial charge in [-0.25, -0.2) is 4.90 Å². The number of imide groups is 1. The van der Waals surface area contributed by atoms with Crippen LogP contribution in [0.25, 0.3) is 0 Å². The van der Waals surface area contributed by atoms with E-state index >= 15 is 0 Å². The Hall–Kier alpha value is -3.60. The quantitative estimate of drug-likeness (QED) is 0.292. The van der Waals surface area contributed by atoms with Crippen LogP contribution in [-0.2, 0) is 20.8 Å². The maximum Gasteiger partial charge on any atom is 0.325 e. The van der Waals surface area contributed by atoms with Gasteiger partial charge in [-0.15, -0.1) is 11.3 Å². The molecule has 2 amide bonds. The molecule has 4 unspecified atom stereocenters. The molecular weight excluding hydrogens is 494 g/mol. The van der Waals surface area contributed by atoms with Crippen molar-refractivity contribution in [3.8, 4) is 0 Å². The first-order valence-corrected chi connectivity index (χ1v) is 11.8. The van der Waals surface area contributed by atoms with Gasteiger partial charge in [0.2, 0.25) is 11.8 Å². The van der Waals surface area contributed by atoms with E-state index in [1.807, 2.05) is 0 Å². The smallest absolute Gasteiger partial charge is 0.325 e. The number of carbonyl (C=O) groups is 3. The fourth-order valence-corrected chi connectivity index (χ4v) is 6.26. The molecule has 2 aromatic carbocycles. The average Bonchev–Trinajstić information content (AvgIpc) is 3.49. The summed E-state index contributed by atoms with van der Waals surface area (Å²) in [7, 11) is 0. The van der Waals surface area contributed by atoms with E-state index in [1.54, 1.807) is 42.5 Å². The normalized spacial score (nSPS) is 25.6. The van der Waals surface area contributed by atoms with E-state index in [0.717, 1.165) is 11.0 Å². The summed E-state index contributed by atoms with van der Waals surface area (Å²) in [5, 5.41) is 24.9. The van der Waals surface area contributed by atoms with E-state index in [1.165, 1.54) is 29.5 Å². The summed E-state index contributed by atoms with van der Waals surface area (Å²) in [6.45, 7) is 0. The summed E-state index contributed by atoms with van der Waals surface area (Å²) < 4.78 is 0.460. The van der Waals surface area contributed by atoms with E-state index in [-0.39, 0.29) is 17.8 Å². The van der Waals surface area contributed by atoms with E-state index < -0.39 is 46.1 Å². The van der Waals surface area contributed by atoms with Crippen LogP contribution in [0.4, 0.5) is 11.4 Å². The van der Waals surface area contributed by atoms with Crippen LogP contribution in [0, 0.1) is 22.0 Å². The van der Waals surface area contributed by atoms with Crippen molar-refractivity contribution < 1.29 is 24.4 Å². The van der Waals surface area contributed by atoms with Crippen molar-refractivity contribution in [2.75, 3.05) is 4.90 Å². The molecule has 2 aliphatic rings.